The molecule has 2 atom stereocenters. The van der Waals surface area contributed by atoms with E-state index in [0.717, 1.165) is 30.5 Å². The van der Waals surface area contributed by atoms with E-state index in [9.17, 15) is 4.79 Å². The summed E-state index contributed by atoms with van der Waals surface area (Å²) >= 11 is 0. The Morgan fingerprint density at radius 1 is 1.40 bits per heavy atom. The first-order chi connectivity index (χ1) is 9.65. The van der Waals surface area contributed by atoms with Crippen molar-refractivity contribution in [1.29, 1.82) is 0 Å². The molecule has 1 aliphatic carbocycles. The van der Waals surface area contributed by atoms with Gasteiger partial charge < -0.3 is 10.4 Å². The quantitative estimate of drug-likeness (QED) is 0.778. The maximum absolute atomic E-state index is 10.9. The van der Waals surface area contributed by atoms with Gasteiger partial charge in [0.2, 0.25) is 0 Å². The fraction of sp³-hybridized carbons (Fsp3) is 0.588. The first-order valence-corrected chi connectivity index (χ1v) is 7.68. The van der Waals surface area contributed by atoms with Crippen molar-refractivity contribution in [2.24, 2.45) is 11.8 Å². The van der Waals surface area contributed by atoms with Crippen molar-refractivity contribution < 1.29 is 9.90 Å². The van der Waals surface area contributed by atoms with Crippen LogP contribution in [-0.4, -0.2) is 17.6 Å². The summed E-state index contributed by atoms with van der Waals surface area (Å²) in [5, 5.41) is 12.4. The predicted molar refractivity (Wildman–Crippen MR) is 80.8 cm³/mol. The van der Waals surface area contributed by atoms with Gasteiger partial charge in [0.1, 0.15) is 0 Å². The second-order valence-corrected chi connectivity index (χ2v) is 6.11. The van der Waals surface area contributed by atoms with Gasteiger partial charge in [0.05, 0.1) is 5.56 Å². The first kappa shape index (κ1) is 15.0. The molecule has 1 fully saturated rings. The van der Waals surface area contributed by atoms with Crippen molar-refractivity contribution in [1.82, 2.24) is 5.32 Å². The summed E-state index contributed by atoms with van der Waals surface area (Å²) in [6.45, 7) is 4.13. The van der Waals surface area contributed by atoms with E-state index in [-0.39, 0.29) is 0 Å². The minimum atomic E-state index is -0.858. The SMILES string of the molecule is CC1CCCC(CCNCc2cccc(C(=O)O)c2)C1. The molecule has 1 aliphatic rings. The van der Waals surface area contributed by atoms with Crippen molar-refractivity contribution in [3.8, 4) is 0 Å². The number of hydrogen-bond donors (Lipinski definition) is 2. The van der Waals surface area contributed by atoms with Gasteiger partial charge in [0, 0.05) is 6.54 Å². The number of carboxylic acids is 1. The lowest BCUT2D eigenvalue weighted by atomic mass is 9.81. The highest BCUT2D eigenvalue weighted by atomic mass is 16.4. The van der Waals surface area contributed by atoms with Crippen molar-refractivity contribution in [3.63, 3.8) is 0 Å². The number of rotatable bonds is 6. The highest BCUT2D eigenvalue weighted by Gasteiger charge is 2.18. The molecule has 2 rings (SSSR count). The van der Waals surface area contributed by atoms with E-state index in [1.54, 1.807) is 12.1 Å². The molecule has 110 valence electrons. The average Bonchev–Trinajstić information content (AvgIpc) is 2.44. The molecule has 3 nitrogen and oxygen atoms in total. The number of aromatic carboxylic acids is 1. The number of benzene rings is 1. The minimum Gasteiger partial charge on any atom is -0.478 e. The predicted octanol–water partition coefficient (Wildman–Crippen LogP) is 3.69. The van der Waals surface area contributed by atoms with Crippen LogP contribution in [-0.2, 0) is 6.54 Å². The molecule has 1 aromatic rings. The molecule has 0 radical (unpaired) electrons. The lowest BCUT2D eigenvalue weighted by Crippen LogP contribution is -2.21. The zero-order valence-electron chi connectivity index (χ0n) is 12.3. The molecule has 0 saturated heterocycles. The maximum Gasteiger partial charge on any atom is 0.335 e. The van der Waals surface area contributed by atoms with E-state index in [0.29, 0.717) is 5.56 Å². The molecule has 1 saturated carbocycles. The minimum absolute atomic E-state index is 0.366. The number of carbonyl (C=O) groups is 1. The van der Waals surface area contributed by atoms with E-state index in [1.165, 1.54) is 32.1 Å². The molecule has 0 amide bonds. The van der Waals surface area contributed by atoms with Crippen LogP contribution in [0.3, 0.4) is 0 Å². The van der Waals surface area contributed by atoms with Crippen LogP contribution < -0.4 is 5.32 Å². The molecular weight excluding hydrogens is 250 g/mol. The van der Waals surface area contributed by atoms with Crippen LogP contribution in [0.15, 0.2) is 24.3 Å². The number of hydrogen-bond acceptors (Lipinski definition) is 2. The van der Waals surface area contributed by atoms with Gasteiger partial charge >= 0.3 is 5.97 Å². The monoisotopic (exact) mass is 275 g/mol. The molecule has 0 bridgehead atoms. The summed E-state index contributed by atoms with van der Waals surface area (Å²) in [7, 11) is 0. The van der Waals surface area contributed by atoms with Gasteiger partial charge in [-0.25, -0.2) is 4.79 Å². The summed E-state index contributed by atoms with van der Waals surface area (Å²) in [5.74, 6) is 0.903. The highest BCUT2D eigenvalue weighted by molar-refractivity contribution is 5.87. The highest BCUT2D eigenvalue weighted by Crippen LogP contribution is 2.30. The molecule has 0 spiro atoms. The van der Waals surface area contributed by atoms with E-state index in [4.69, 9.17) is 5.11 Å². The van der Waals surface area contributed by atoms with Gasteiger partial charge in [-0.15, -0.1) is 0 Å². The fourth-order valence-electron chi connectivity index (χ4n) is 3.18. The molecule has 3 heteroatoms. The van der Waals surface area contributed by atoms with Crippen molar-refractivity contribution in [3.05, 3.63) is 35.4 Å². The molecule has 0 heterocycles. The summed E-state index contributed by atoms with van der Waals surface area (Å²) in [6.07, 6.45) is 6.76. The van der Waals surface area contributed by atoms with Crippen molar-refractivity contribution in [2.75, 3.05) is 6.54 Å². The topological polar surface area (TPSA) is 49.3 Å². The molecule has 0 aliphatic heterocycles. The second-order valence-electron chi connectivity index (χ2n) is 6.11. The third-order valence-electron chi connectivity index (χ3n) is 4.28. The first-order valence-electron chi connectivity index (χ1n) is 7.68. The molecular formula is C17H25NO2. The van der Waals surface area contributed by atoms with E-state index < -0.39 is 5.97 Å². The summed E-state index contributed by atoms with van der Waals surface area (Å²) in [6, 6.07) is 7.17. The van der Waals surface area contributed by atoms with Crippen LogP contribution in [0, 0.1) is 11.8 Å². The Labute approximate surface area is 121 Å². The van der Waals surface area contributed by atoms with E-state index in [2.05, 4.69) is 12.2 Å². The zero-order valence-corrected chi connectivity index (χ0v) is 12.3. The Morgan fingerprint density at radius 2 is 2.25 bits per heavy atom. The van der Waals surface area contributed by atoms with Gasteiger partial charge in [-0.05, 0) is 48.9 Å². The molecule has 2 unspecified atom stereocenters. The Morgan fingerprint density at radius 3 is 3.00 bits per heavy atom. The van der Waals surface area contributed by atoms with Crippen LogP contribution in [0.4, 0.5) is 0 Å². The van der Waals surface area contributed by atoms with Gasteiger partial charge in [-0.3, -0.25) is 0 Å². The molecule has 1 aromatic carbocycles. The molecule has 20 heavy (non-hydrogen) atoms. The average molecular weight is 275 g/mol. The van der Waals surface area contributed by atoms with Crippen molar-refractivity contribution >= 4 is 5.97 Å². The van der Waals surface area contributed by atoms with E-state index in [1.807, 2.05) is 12.1 Å². The van der Waals surface area contributed by atoms with Gasteiger partial charge in [-0.2, -0.15) is 0 Å². The van der Waals surface area contributed by atoms with E-state index >= 15 is 0 Å². The Kier molecular flexibility index (Phi) is 5.60. The lowest BCUT2D eigenvalue weighted by molar-refractivity contribution is 0.0696. The van der Waals surface area contributed by atoms with Crippen LogP contribution in [0.1, 0.15) is 54.9 Å². The summed E-state index contributed by atoms with van der Waals surface area (Å²) in [4.78, 5) is 10.9. The normalized spacial score (nSPS) is 22.6. The zero-order chi connectivity index (χ0) is 14.4. The third kappa shape index (κ3) is 4.64. The van der Waals surface area contributed by atoms with Crippen LogP contribution in [0.2, 0.25) is 0 Å². The summed E-state index contributed by atoms with van der Waals surface area (Å²) in [5.41, 5.74) is 1.41. The van der Waals surface area contributed by atoms with Gasteiger partial charge in [0.25, 0.3) is 0 Å². The second kappa shape index (κ2) is 7.44. The largest absolute Gasteiger partial charge is 0.478 e. The van der Waals surface area contributed by atoms with Gasteiger partial charge in [-0.1, -0.05) is 38.3 Å². The smallest absolute Gasteiger partial charge is 0.335 e. The summed E-state index contributed by atoms with van der Waals surface area (Å²) < 4.78 is 0. The fourth-order valence-corrected chi connectivity index (χ4v) is 3.18. The third-order valence-corrected chi connectivity index (χ3v) is 4.28. The Hall–Kier alpha value is -1.35. The van der Waals surface area contributed by atoms with Crippen molar-refractivity contribution in [2.45, 2.75) is 45.6 Å². The molecule has 0 aromatic heterocycles. The lowest BCUT2D eigenvalue weighted by Gasteiger charge is -2.26. The Bertz CT molecular complexity index is 444. The number of carboxylic acid groups (broad SMARTS) is 1. The van der Waals surface area contributed by atoms with Gasteiger partial charge in [0.15, 0.2) is 0 Å². The molecule has 2 N–H and O–H groups in total. The van der Waals surface area contributed by atoms with Crippen LogP contribution in [0.5, 0.6) is 0 Å². The maximum atomic E-state index is 10.9. The standard InChI is InChI=1S/C17H25NO2/c1-13-4-2-5-14(10-13)8-9-18-12-15-6-3-7-16(11-15)17(19)20/h3,6-7,11,13-14,18H,2,4-5,8-10,12H2,1H3,(H,19,20). The number of nitrogens with one attached hydrogen (secondary N) is 1. The van der Waals surface area contributed by atoms with Crippen LogP contribution in [0.25, 0.3) is 0 Å². The van der Waals surface area contributed by atoms with Crippen LogP contribution >= 0.6 is 0 Å². The Balaban J connectivity index is 1.70.